The second-order valence-electron chi connectivity index (χ2n) is 18.5. The van der Waals surface area contributed by atoms with Gasteiger partial charge in [0.25, 0.3) is 0 Å². The van der Waals surface area contributed by atoms with E-state index in [9.17, 15) is 0 Å². The van der Waals surface area contributed by atoms with Gasteiger partial charge in [0.15, 0.2) is 11.2 Å². The van der Waals surface area contributed by atoms with Crippen LogP contribution < -0.4 is 9.80 Å². The van der Waals surface area contributed by atoms with E-state index in [4.69, 9.17) is 8.83 Å². The van der Waals surface area contributed by atoms with E-state index in [0.29, 0.717) is 5.92 Å². The van der Waals surface area contributed by atoms with E-state index in [1.165, 1.54) is 55.3 Å². The van der Waals surface area contributed by atoms with Crippen molar-refractivity contribution in [2.45, 2.75) is 59.9 Å². The molecule has 2 aromatic heterocycles. The van der Waals surface area contributed by atoms with Gasteiger partial charge in [-0.3, -0.25) is 0 Å². The predicted molar refractivity (Wildman–Crippen MR) is 270 cm³/mol. The number of rotatable bonds is 8. The Morgan fingerprint density at radius 3 is 1.73 bits per heavy atom. The lowest BCUT2D eigenvalue weighted by Crippen LogP contribution is -2.34. The van der Waals surface area contributed by atoms with Crippen molar-refractivity contribution in [3.63, 3.8) is 0 Å². The number of hydrogen-bond donors (Lipinski definition) is 0. The van der Waals surface area contributed by atoms with Crippen LogP contribution in [-0.2, 0) is 6.42 Å². The fraction of sp³-hybridized carbons (Fsp3) is 0.167. The van der Waals surface area contributed by atoms with Crippen molar-refractivity contribution in [2.75, 3.05) is 9.80 Å². The molecular weight excluding hydrogens is 781 g/mol. The molecule has 0 fully saturated rings. The van der Waals surface area contributed by atoms with Gasteiger partial charge in [0.2, 0.25) is 0 Å². The highest BCUT2D eigenvalue weighted by Crippen LogP contribution is 2.54. The van der Waals surface area contributed by atoms with E-state index in [-0.39, 0.29) is 12.0 Å². The van der Waals surface area contributed by atoms with Crippen LogP contribution in [0.4, 0.5) is 28.4 Å². The summed E-state index contributed by atoms with van der Waals surface area (Å²) >= 11 is 0. The molecule has 0 N–H and O–H groups in total. The number of anilines is 5. The minimum atomic E-state index is -0.103. The molecule has 1 unspecified atom stereocenters. The standard InChI is InChI=1S/C60H50N2O2/c1-35(2)49-33-53(61(39-25-21-37(5)22-26-39)51-17-11-15-45-41-13-7-9-19-55(41)63-59(45)51)47-32-30-44-50(36(3)4)34-54(48-31-29-43(49)57(47)58(44)48)62(40-27-23-38(6)24-28-40)52-18-12-16-46-42-14-8-10-20-56(42)64-60(46)52/h7-29,31-36,53H,30H2,1-6H3. The predicted octanol–water partition coefficient (Wildman–Crippen LogP) is 17.0. The van der Waals surface area contributed by atoms with Crippen LogP contribution in [0.3, 0.4) is 0 Å². The molecule has 64 heavy (non-hydrogen) atoms. The number of hydrogen-bond acceptors (Lipinski definition) is 4. The van der Waals surface area contributed by atoms with Gasteiger partial charge in [0.05, 0.1) is 23.1 Å². The Bertz CT molecular complexity index is 3560. The molecule has 0 radical (unpaired) electrons. The van der Waals surface area contributed by atoms with E-state index in [0.717, 1.165) is 78.7 Å². The second kappa shape index (κ2) is 14.6. The topological polar surface area (TPSA) is 32.8 Å². The summed E-state index contributed by atoms with van der Waals surface area (Å²) in [5.74, 6) is 0.576. The molecule has 0 saturated carbocycles. The van der Waals surface area contributed by atoms with Gasteiger partial charge in [-0.15, -0.1) is 0 Å². The Morgan fingerprint density at radius 1 is 0.531 bits per heavy atom. The SMILES string of the molecule is Cc1ccc(N(c2cc(C(C)C)c3c4c5c(ccc24)C(C(C)C)=CC(N(c2ccc(C)cc2)c2cccc4c2oc2ccccc24)C5=CC3)c2cccc3c2oc2ccccc23)cc1. The van der Waals surface area contributed by atoms with Crippen LogP contribution in [0.5, 0.6) is 0 Å². The number of fused-ring (bicyclic) bond motifs is 6. The normalized spacial score (nSPS) is 14.7. The van der Waals surface area contributed by atoms with E-state index in [2.05, 4.69) is 215 Å². The van der Waals surface area contributed by atoms with Crippen LogP contribution >= 0.6 is 0 Å². The third-order valence-electron chi connectivity index (χ3n) is 13.8. The molecule has 2 aliphatic carbocycles. The molecule has 0 amide bonds. The summed E-state index contributed by atoms with van der Waals surface area (Å²) in [4.78, 5) is 5.00. The fourth-order valence-corrected chi connectivity index (χ4v) is 10.8. The maximum absolute atomic E-state index is 6.83. The van der Waals surface area contributed by atoms with E-state index < -0.39 is 0 Å². The summed E-state index contributed by atoms with van der Waals surface area (Å²) in [6, 6.07) is 55.2. The lowest BCUT2D eigenvalue weighted by molar-refractivity contribution is 0.667. The van der Waals surface area contributed by atoms with Gasteiger partial charge in [-0.05, 0) is 125 Å². The first-order valence-electron chi connectivity index (χ1n) is 22.8. The molecule has 0 aliphatic heterocycles. The molecule has 1 atom stereocenters. The molecule has 0 spiro atoms. The lowest BCUT2D eigenvalue weighted by Gasteiger charge is -2.41. The molecule has 4 nitrogen and oxygen atoms in total. The number of furan rings is 2. The van der Waals surface area contributed by atoms with Gasteiger partial charge >= 0.3 is 0 Å². The largest absolute Gasteiger partial charge is 0.454 e. The quantitative estimate of drug-likeness (QED) is 0.153. The van der Waals surface area contributed by atoms with Crippen LogP contribution in [0.15, 0.2) is 173 Å². The van der Waals surface area contributed by atoms with Crippen molar-refractivity contribution in [3.05, 3.63) is 197 Å². The van der Waals surface area contributed by atoms with Crippen LogP contribution in [0.1, 0.15) is 67.0 Å². The molecule has 4 heteroatoms. The average molecular weight is 831 g/mol. The first-order valence-corrected chi connectivity index (χ1v) is 22.8. The van der Waals surface area contributed by atoms with Gasteiger partial charge in [0.1, 0.15) is 11.2 Å². The monoisotopic (exact) mass is 830 g/mol. The van der Waals surface area contributed by atoms with Crippen LogP contribution in [0.25, 0.3) is 65.8 Å². The van der Waals surface area contributed by atoms with Gasteiger partial charge in [-0.25, -0.2) is 0 Å². The number of para-hydroxylation sites is 4. The van der Waals surface area contributed by atoms with Crippen molar-refractivity contribution in [1.29, 1.82) is 0 Å². The van der Waals surface area contributed by atoms with Crippen LogP contribution in [0, 0.1) is 19.8 Å². The zero-order valence-corrected chi connectivity index (χ0v) is 37.2. The van der Waals surface area contributed by atoms with E-state index >= 15 is 0 Å². The molecule has 10 aromatic rings. The van der Waals surface area contributed by atoms with Crippen LogP contribution in [-0.4, -0.2) is 6.04 Å². The van der Waals surface area contributed by atoms with Crippen molar-refractivity contribution >= 4 is 94.2 Å². The zero-order chi connectivity index (χ0) is 43.4. The van der Waals surface area contributed by atoms with Crippen molar-refractivity contribution in [1.82, 2.24) is 0 Å². The van der Waals surface area contributed by atoms with Gasteiger partial charge in [-0.1, -0.05) is 148 Å². The third-order valence-corrected chi connectivity index (χ3v) is 13.8. The van der Waals surface area contributed by atoms with Gasteiger partial charge in [-0.2, -0.15) is 0 Å². The summed E-state index contributed by atoms with van der Waals surface area (Å²) in [5, 5.41) is 7.09. The summed E-state index contributed by atoms with van der Waals surface area (Å²) in [5.41, 5.74) is 19.7. The summed E-state index contributed by atoms with van der Waals surface area (Å²) < 4.78 is 13.6. The minimum Gasteiger partial charge on any atom is -0.454 e. The number of allylic oxidation sites excluding steroid dienone is 2. The molecule has 312 valence electrons. The highest BCUT2D eigenvalue weighted by molar-refractivity contribution is 6.16. The number of nitrogens with zero attached hydrogens (tertiary/aromatic N) is 2. The van der Waals surface area contributed by atoms with Crippen molar-refractivity contribution in [2.24, 2.45) is 5.92 Å². The first kappa shape index (κ1) is 38.4. The van der Waals surface area contributed by atoms with E-state index in [1.807, 2.05) is 0 Å². The maximum Gasteiger partial charge on any atom is 0.159 e. The van der Waals surface area contributed by atoms with E-state index in [1.54, 1.807) is 0 Å². The highest BCUT2D eigenvalue weighted by atomic mass is 16.3. The fourth-order valence-electron chi connectivity index (χ4n) is 10.8. The Morgan fingerprint density at radius 2 is 1.11 bits per heavy atom. The molecule has 8 aromatic carbocycles. The second-order valence-corrected chi connectivity index (χ2v) is 18.5. The zero-order valence-electron chi connectivity index (χ0n) is 37.2. The Labute approximate surface area is 374 Å². The average Bonchev–Trinajstić information content (AvgIpc) is 3.89. The summed E-state index contributed by atoms with van der Waals surface area (Å²) in [7, 11) is 0. The van der Waals surface area contributed by atoms with Crippen LogP contribution in [0.2, 0.25) is 0 Å². The van der Waals surface area contributed by atoms with Crippen molar-refractivity contribution < 1.29 is 8.83 Å². The highest BCUT2D eigenvalue weighted by Gasteiger charge is 2.37. The molecule has 0 bridgehead atoms. The molecular formula is C60H50N2O2. The maximum atomic E-state index is 6.83. The smallest absolute Gasteiger partial charge is 0.159 e. The molecule has 12 rings (SSSR count). The Hall–Kier alpha value is -7.30. The molecule has 2 aliphatic rings. The van der Waals surface area contributed by atoms with Gasteiger partial charge < -0.3 is 18.6 Å². The first-order chi connectivity index (χ1) is 31.2. The third kappa shape index (κ3) is 5.81. The molecule has 2 heterocycles. The Kier molecular flexibility index (Phi) is 8.78. The van der Waals surface area contributed by atoms with Crippen molar-refractivity contribution in [3.8, 4) is 0 Å². The van der Waals surface area contributed by atoms with Gasteiger partial charge in [0, 0.05) is 38.3 Å². The molecule has 0 saturated heterocycles. The summed E-state index contributed by atoms with van der Waals surface area (Å²) in [6.07, 6.45) is 5.93. The lowest BCUT2D eigenvalue weighted by atomic mass is 9.72. The number of aryl methyl sites for hydroxylation is 2. The summed E-state index contributed by atoms with van der Waals surface area (Å²) in [6.45, 7) is 13.7. The number of benzene rings is 8. The Balaban J connectivity index is 1.14. The minimum absolute atomic E-state index is 0.103.